The number of piperazine rings is 1. The van der Waals surface area contributed by atoms with Crippen LogP contribution in [0.1, 0.15) is 85.1 Å². The molecule has 0 saturated carbocycles. The minimum atomic E-state index is -0.947. The zero-order valence-electron chi connectivity index (χ0n) is 39.6. The first-order valence-corrected chi connectivity index (χ1v) is 24.2. The lowest BCUT2D eigenvalue weighted by Gasteiger charge is -2.48. The number of amides is 3. The number of ether oxygens (including phenoxy) is 2. The number of hydrogen-bond donors (Lipinski definition) is 4. The Morgan fingerprint density at radius 2 is 1.63 bits per heavy atom. The third kappa shape index (κ3) is 11.3. The fourth-order valence-corrected chi connectivity index (χ4v) is 10.1. The van der Waals surface area contributed by atoms with Gasteiger partial charge in [0.15, 0.2) is 17.4 Å². The molecule has 3 amide bonds. The predicted molar refractivity (Wildman–Crippen MR) is 254 cm³/mol. The highest BCUT2D eigenvalue weighted by molar-refractivity contribution is 6.28. The van der Waals surface area contributed by atoms with Crippen LogP contribution in [0.25, 0.3) is 0 Å². The Bertz CT molecular complexity index is 2610. The smallest absolute Gasteiger partial charge is 0.240 e. The maximum atomic E-state index is 15.7. The summed E-state index contributed by atoms with van der Waals surface area (Å²) in [6, 6.07) is 9.45. The first-order chi connectivity index (χ1) is 33.7. The molecule has 21 heteroatoms. The highest BCUT2D eigenvalue weighted by Crippen LogP contribution is 2.38. The normalized spacial score (nSPS) is 21.2. The second-order valence-electron chi connectivity index (χ2n) is 19.8. The number of likely N-dealkylation sites (tertiary alicyclic amines) is 1. The molecule has 2 aromatic carbocycles. The lowest BCUT2D eigenvalue weighted by atomic mass is 9.82. The number of nitrogens with zero attached hydrogens (tertiary/aromatic N) is 8. The van der Waals surface area contributed by atoms with Gasteiger partial charge in [-0.05, 0) is 69.2 Å². The molecule has 70 heavy (non-hydrogen) atoms. The number of halogens is 2. The topological polar surface area (TPSA) is 218 Å². The molecule has 4 N–H and O–H groups in total. The molecule has 9 rings (SSSR count). The van der Waals surface area contributed by atoms with Gasteiger partial charge in [-0.25, -0.2) is 23.4 Å². The number of carbonyl (C=O) groups is 5. The molecular weight excluding hydrogens is 907 g/mol. The van der Waals surface area contributed by atoms with E-state index in [-0.39, 0.29) is 53.9 Å². The van der Waals surface area contributed by atoms with Gasteiger partial charge >= 0.3 is 0 Å². The molecule has 4 saturated heterocycles. The van der Waals surface area contributed by atoms with E-state index in [9.17, 15) is 24.0 Å². The summed E-state index contributed by atoms with van der Waals surface area (Å²) in [5.41, 5.74) is 1.28. The van der Waals surface area contributed by atoms with Gasteiger partial charge < -0.3 is 35.2 Å². The highest BCUT2D eigenvalue weighted by Gasteiger charge is 2.44. The van der Waals surface area contributed by atoms with Crippen molar-refractivity contribution >= 4 is 58.1 Å². The van der Waals surface area contributed by atoms with Gasteiger partial charge in [0.05, 0.1) is 68.4 Å². The number of rotatable bonds is 18. The SMILES string of the molecule is CC1(C)CCN(Cc2cc(F)c(N3CC(=O)NC4(CCN(c5cc(Nc6cn(CCOCCOCCNc7cccc8c7C(=O)C(CC7CCC(=O)NC7=O)C8=O)nn6)ncn5)CC4)C3)cc2F)CC1. The molecule has 4 fully saturated rings. The van der Waals surface area contributed by atoms with Crippen molar-refractivity contribution in [3.05, 3.63) is 77.2 Å². The van der Waals surface area contributed by atoms with Gasteiger partial charge in [0.25, 0.3) is 0 Å². The quantitative estimate of drug-likeness (QED) is 0.0622. The summed E-state index contributed by atoms with van der Waals surface area (Å²) < 4.78 is 44.3. The molecule has 2 aromatic heterocycles. The van der Waals surface area contributed by atoms with Gasteiger partial charge in [0.1, 0.15) is 29.6 Å². The maximum absolute atomic E-state index is 15.7. The molecule has 2 unspecified atom stereocenters. The minimum Gasteiger partial charge on any atom is -0.382 e. The van der Waals surface area contributed by atoms with E-state index in [4.69, 9.17) is 9.47 Å². The predicted octanol–water partition coefficient (Wildman–Crippen LogP) is 4.27. The Labute approximate surface area is 404 Å². The van der Waals surface area contributed by atoms with Crippen LogP contribution in [-0.2, 0) is 36.9 Å². The van der Waals surface area contributed by atoms with Crippen LogP contribution in [0.2, 0.25) is 0 Å². The van der Waals surface area contributed by atoms with Crippen LogP contribution in [0.5, 0.6) is 0 Å². The number of Topliss-reactive ketones (excluding diaryl/α,β-unsaturated/α-hetero) is 2. The van der Waals surface area contributed by atoms with Crippen LogP contribution in [-0.4, -0.2) is 137 Å². The van der Waals surface area contributed by atoms with E-state index in [2.05, 4.69) is 65.2 Å². The number of fused-ring (bicyclic) bond motifs is 1. The molecule has 19 nitrogen and oxygen atoms in total. The fraction of sp³-hybridized carbons (Fsp3) is 0.531. The summed E-state index contributed by atoms with van der Waals surface area (Å²) in [4.78, 5) is 78.2. The molecule has 4 aliphatic heterocycles. The van der Waals surface area contributed by atoms with E-state index < -0.39 is 34.9 Å². The van der Waals surface area contributed by atoms with Crippen LogP contribution in [0.3, 0.4) is 0 Å². The van der Waals surface area contributed by atoms with E-state index in [0.717, 1.165) is 25.9 Å². The van der Waals surface area contributed by atoms with Gasteiger partial charge in [-0.3, -0.25) is 34.2 Å². The third-order valence-electron chi connectivity index (χ3n) is 14.3. The number of nitrogens with one attached hydrogen (secondary N) is 4. The van der Waals surface area contributed by atoms with E-state index in [1.165, 1.54) is 18.5 Å². The van der Waals surface area contributed by atoms with Gasteiger partial charge in [-0.15, -0.1) is 5.10 Å². The Morgan fingerprint density at radius 1 is 0.843 bits per heavy atom. The zero-order valence-corrected chi connectivity index (χ0v) is 39.6. The number of carbonyl (C=O) groups excluding carboxylic acids is 5. The number of hydrogen-bond acceptors (Lipinski definition) is 16. The number of benzene rings is 2. The number of imide groups is 1. The molecule has 1 aliphatic carbocycles. The summed E-state index contributed by atoms with van der Waals surface area (Å²) in [6.45, 7) is 10.2. The van der Waals surface area contributed by atoms with Crippen LogP contribution in [0.4, 0.5) is 37.6 Å². The van der Waals surface area contributed by atoms with Crippen molar-refractivity contribution in [2.75, 3.05) is 92.7 Å². The largest absolute Gasteiger partial charge is 0.382 e. The average Bonchev–Trinajstić information content (AvgIpc) is 3.88. The summed E-state index contributed by atoms with van der Waals surface area (Å²) in [6.07, 6.45) is 6.97. The number of anilines is 5. The average molecular weight is 967 g/mol. The molecule has 1 spiro atoms. The van der Waals surface area contributed by atoms with Gasteiger partial charge in [0.2, 0.25) is 17.7 Å². The van der Waals surface area contributed by atoms with Crippen molar-refractivity contribution in [3.63, 3.8) is 0 Å². The van der Waals surface area contributed by atoms with Crippen LogP contribution in [0.15, 0.2) is 48.9 Å². The standard InChI is InChI=1S/C49H60F2N12O7/c1-48(2)8-13-60(14-9-48)26-32-23-36(51)38(24-35(32)50)62-28-43(65)57-49(29-62)10-15-61(16-11-49)41-25-39(53-30-54-41)55-40-27-63(59-58-40)17-19-70-21-20-69-18-12-52-37-5-3-4-33-44(37)46(67)34(45(33)66)22-31-6-7-42(64)56-47(31)68/h3-5,23-25,27,30-31,34,52H,6-22,26,28-29H2,1-2H3,(H,57,65)(H,53,54,55)(H,56,64,68). The van der Waals surface area contributed by atoms with Crippen molar-refractivity contribution in [1.82, 2.24) is 40.5 Å². The summed E-state index contributed by atoms with van der Waals surface area (Å²) in [5, 5.41) is 20.2. The van der Waals surface area contributed by atoms with Crippen LogP contribution < -0.4 is 31.1 Å². The van der Waals surface area contributed by atoms with Gasteiger partial charge in [-0.1, -0.05) is 31.2 Å². The first-order valence-electron chi connectivity index (χ1n) is 24.2. The maximum Gasteiger partial charge on any atom is 0.240 e. The molecule has 5 aliphatic rings. The highest BCUT2D eigenvalue weighted by atomic mass is 19.1. The lowest BCUT2D eigenvalue weighted by molar-refractivity contribution is -0.136. The molecule has 2 atom stereocenters. The molecule has 6 heterocycles. The fourth-order valence-electron chi connectivity index (χ4n) is 10.1. The number of aromatic nitrogens is 5. The van der Waals surface area contributed by atoms with Crippen LogP contribution in [0, 0.1) is 28.9 Å². The third-order valence-corrected chi connectivity index (χ3v) is 14.3. The summed E-state index contributed by atoms with van der Waals surface area (Å²) >= 11 is 0. The Hall–Kier alpha value is -6.45. The Kier molecular flexibility index (Phi) is 14.5. The van der Waals surface area contributed by atoms with Gasteiger partial charge in [0, 0.05) is 74.0 Å². The molecule has 372 valence electrons. The van der Waals surface area contributed by atoms with Crippen molar-refractivity contribution in [2.24, 2.45) is 17.3 Å². The lowest BCUT2D eigenvalue weighted by Crippen LogP contribution is -2.66. The number of ketones is 2. The van der Waals surface area contributed by atoms with E-state index in [0.29, 0.717) is 125 Å². The number of piperidine rings is 3. The first kappa shape index (κ1) is 48.6. The Balaban J connectivity index is 0.679. The van der Waals surface area contributed by atoms with E-state index in [1.54, 1.807) is 34.0 Å². The van der Waals surface area contributed by atoms with Crippen molar-refractivity contribution in [1.29, 1.82) is 0 Å². The summed E-state index contributed by atoms with van der Waals surface area (Å²) in [5.74, 6) is -2.42. The van der Waals surface area contributed by atoms with Gasteiger partial charge in [-0.2, -0.15) is 0 Å². The van der Waals surface area contributed by atoms with E-state index in [1.807, 2.05) is 6.07 Å². The molecule has 0 bridgehead atoms. The second kappa shape index (κ2) is 20.9. The Morgan fingerprint density at radius 3 is 2.41 bits per heavy atom. The van der Waals surface area contributed by atoms with Crippen molar-refractivity contribution < 1.29 is 42.2 Å². The molecular formula is C49H60F2N12O7. The minimum absolute atomic E-state index is 0.0496. The molecule has 0 radical (unpaired) electrons. The van der Waals surface area contributed by atoms with Crippen molar-refractivity contribution in [2.45, 2.75) is 77.4 Å². The molecule has 4 aromatic rings. The van der Waals surface area contributed by atoms with E-state index >= 15 is 8.78 Å². The zero-order chi connectivity index (χ0) is 49.0. The monoisotopic (exact) mass is 966 g/mol. The van der Waals surface area contributed by atoms with Crippen molar-refractivity contribution in [3.8, 4) is 0 Å². The van der Waals surface area contributed by atoms with Crippen LogP contribution >= 0.6 is 0 Å². The summed E-state index contributed by atoms with van der Waals surface area (Å²) in [7, 11) is 0. The second-order valence-corrected chi connectivity index (χ2v) is 19.8.